The van der Waals surface area contributed by atoms with E-state index in [2.05, 4.69) is 64.7 Å². The van der Waals surface area contributed by atoms with Crippen LogP contribution in [0.4, 0.5) is 0 Å². The number of benzene rings is 2. The van der Waals surface area contributed by atoms with Crippen LogP contribution < -0.4 is 8.53 Å². The molecule has 1 aromatic heterocycles. The van der Waals surface area contributed by atoms with E-state index in [1.165, 1.54) is 16.7 Å². The molecule has 0 spiro atoms. The van der Waals surface area contributed by atoms with E-state index in [0.29, 0.717) is 0 Å². The van der Waals surface area contributed by atoms with Crippen LogP contribution in [0.2, 0.25) is 5.79 Å². The van der Waals surface area contributed by atoms with Crippen molar-refractivity contribution in [3.8, 4) is 11.5 Å². The topological polar surface area (TPSA) is 31.4 Å². The van der Waals surface area contributed by atoms with E-state index in [9.17, 15) is 0 Å². The van der Waals surface area contributed by atoms with Gasteiger partial charge in [-0.2, -0.15) is 0 Å². The van der Waals surface area contributed by atoms with E-state index >= 15 is 0 Å². The van der Waals surface area contributed by atoms with Gasteiger partial charge in [0.2, 0.25) is 0 Å². The van der Waals surface area contributed by atoms with Gasteiger partial charge in [-0.3, -0.25) is 0 Å². The van der Waals surface area contributed by atoms with Crippen LogP contribution in [0.5, 0.6) is 11.5 Å². The number of nitrogens with zero attached hydrogens (tertiary/aromatic N) is 1. The fourth-order valence-electron chi connectivity index (χ4n) is 3.09. The summed E-state index contributed by atoms with van der Waals surface area (Å²) in [5.74, 6) is 4.03. The molecule has 1 heterocycles. The van der Waals surface area contributed by atoms with Crippen LogP contribution in [0.15, 0.2) is 42.5 Å². The lowest BCUT2D eigenvalue weighted by molar-refractivity contribution is 0.177. The van der Waals surface area contributed by atoms with Gasteiger partial charge in [0.25, 0.3) is 0 Å². The highest BCUT2D eigenvalue weighted by Gasteiger charge is 2.41. The van der Waals surface area contributed by atoms with Crippen molar-refractivity contribution in [1.29, 1.82) is 0 Å². The lowest BCUT2D eigenvalue weighted by Crippen LogP contribution is -2.48. The van der Waals surface area contributed by atoms with Crippen molar-refractivity contribution in [1.82, 2.24) is 4.98 Å². The van der Waals surface area contributed by atoms with Gasteiger partial charge in [0, 0.05) is 11.1 Å². The highest BCUT2D eigenvalue weighted by Crippen LogP contribution is 2.31. The summed E-state index contributed by atoms with van der Waals surface area (Å²) in [6.07, 6.45) is 0. The minimum Gasteiger partial charge on any atom is -0.641 e. The van der Waals surface area contributed by atoms with Crippen LogP contribution in [0.1, 0.15) is 36.2 Å². The maximum Gasteiger partial charge on any atom is 0.591 e. The van der Waals surface area contributed by atoms with E-state index in [-0.39, 0.29) is 4.46 Å². The van der Waals surface area contributed by atoms with E-state index in [0.717, 1.165) is 28.1 Å². The normalized spacial score (nSPS) is 11.5. The third-order valence-electron chi connectivity index (χ3n) is 5.34. The van der Waals surface area contributed by atoms with Crippen molar-refractivity contribution in [3.05, 3.63) is 64.8 Å². The molecule has 3 aromatic rings. The van der Waals surface area contributed by atoms with Crippen LogP contribution in [-0.2, 0) is 0 Å². The van der Waals surface area contributed by atoms with Gasteiger partial charge in [0.05, 0.1) is 5.75 Å². The van der Waals surface area contributed by atoms with Gasteiger partial charge >= 0.3 is 14.5 Å². The quantitative estimate of drug-likeness (QED) is 0.522. The van der Waals surface area contributed by atoms with E-state index < -0.39 is 14.5 Å². The Morgan fingerprint density at radius 2 is 1.59 bits per heavy atom. The Balaban J connectivity index is 1.89. The van der Waals surface area contributed by atoms with Gasteiger partial charge in [-0.1, -0.05) is 36.1 Å². The zero-order valence-corrected chi connectivity index (χ0v) is 18.5. The Morgan fingerprint density at radius 1 is 0.889 bits per heavy atom. The summed E-state index contributed by atoms with van der Waals surface area (Å²) in [5.41, 5.74) is 5.55. The molecule has 0 unspecified atom stereocenters. The van der Waals surface area contributed by atoms with Crippen LogP contribution in [0.25, 0.3) is 10.9 Å². The van der Waals surface area contributed by atoms with Crippen molar-refractivity contribution in [2.75, 3.05) is 0 Å². The summed E-state index contributed by atoms with van der Waals surface area (Å²) >= 11 is -1.73. The molecule has 27 heavy (non-hydrogen) atoms. The van der Waals surface area contributed by atoms with Gasteiger partial charge < -0.3 is 8.53 Å². The van der Waals surface area contributed by atoms with Crippen molar-refractivity contribution in [2.24, 2.45) is 0 Å². The summed E-state index contributed by atoms with van der Waals surface area (Å²) in [6.45, 7) is 12.6. The van der Waals surface area contributed by atoms with Crippen molar-refractivity contribution >= 4 is 25.4 Å². The highest BCUT2D eigenvalue weighted by atomic mass is 27.2. The molecule has 2 aromatic carbocycles. The molecule has 0 aliphatic heterocycles. The van der Waals surface area contributed by atoms with Crippen molar-refractivity contribution in [2.45, 2.75) is 51.8 Å². The molecular weight excluding hydrogens is 349 g/mol. The number of hydrogen-bond donors (Lipinski definition) is 0. The summed E-state index contributed by atoms with van der Waals surface area (Å²) in [4.78, 5) is 4.69. The molecule has 0 amide bonds. The number of pyridine rings is 1. The number of hydrogen-bond acceptors (Lipinski definition) is 3. The Morgan fingerprint density at radius 3 is 2.33 bits per heavy atom. The molecule has 0 atom stereocenters. The van der Waals surface area contributed by atoms with Crippen molar-refractivity contribution < 1.29 is 8.53 Å². The Labute approximate surface area is 167 Å². The SMILES string of the molecule is Cc1ccc2cccc(O[C](C)(C)[Al]([CH3])[O]c3c(C)ccc(C)c3C)c2n1. The molecule has 3 nitrogen and oxygen atoms in total. The predicted octanol–water partition coefficient (Wildman–Crippen LogP) is 5.87. The smallest absolute Gasteiger partial charge is 0.591 e. The first-order valence-electron chi connectivity index (χ1n) is 9.48. The molecular formula is C23H28AlNO2. The molecule has 0 fully saturated rings. The first-order valence-corrected chi connectivity index (χ1v) is 11.7. The average Bonchev–Trinajstić information content (AvgIpc) is 2.62. The summed E-state index contributed by atoms with van der Waals surface area (Å²) in [5, 5.41) is 1.09. The maximum atomic E-state index is 6.52. The Hall–Kier alpha value is -2.02. The Kier molecular flexibility index (Phi) is 5.51. The highest BCUT2D eigenvalue weighted by molar-refractivity contribution is 6.54. The maximum absolute atomic E-state index is 6.52. The molecule has 0 saturated heterocycles. The molecule has 140 valence electrons. The van der Waals surface area contributed by atoms with Crippen LogP contribution >= 0.6 is 0 Å². The number of ether oxygens (including phenoxy) is 1. The molecule has 0 saturated carbocycles. The van der Waals surface area contributed by atoms with Crippen LogP contribution in [0, 0.1) is 27.7 Å². The molecule has 0 radical (unpaired) electrons. The minimum absolute atomic E-state index is 0.387. The van der Waals surface area contributed by atoms with Crippen LogP contribution in [-0.4, -0.2) is 23.9 Å². The standard InChI is InChI=1S/C13H14NO.C9H12O.CH3.Al/c1-9(2)15-12-6-4-5-11-8-7-10(3)14-13(11)12;1-6-4-5-7(2)9(10)8(6)3;;/h4-8H,1-3H3;4-5,10H,1-3H3;1H3;/q;;;+1/p-1. The number of fused-ring (bicyclic) bond motifs is 1. The number of para-hydroxylation sites is 1. The van der Waals surface area contributed by atoms with E-state index in [4.69, 9.17) is 13.5 Å². The lowest BCUT2D eigenvalue weighted by atomic mass is 10.1. The molecule has 0 aliphatic rings. The predicted molar refractivity (Wildman–Crippen MR) is 114 cm³/mol. The largest absolute Gasteiger partial charge is 0.641 e. The van der Waals surface area contributed by atoms with Gasteiger partial charge in [-0.05, 0) is 70.4 Å². The molecule has 0 bridgehead atoms. The monoisotopic (exact) mass is 377 g/mol. The first kappa shape index (κ1) is 19.7. The van der Waals surface area contributed by atoms with Gasteiger partial charge in [-0.15, -0.1) is 0 Å². The summed E-state index contributed by atoms with van der Waals surface area (Å²) in [6, 6.07) is 14.5. The molecule has 0 aliphatic carbocycles. The number of rotatable bonds is 5. The summed E-state index contributed by atoms with van der Waals surface area (Å²) < 4.78 is 12.6. The van der Waals surface area contributed by atoms with E-state index in [1.54, 1.807) is 0 Å². The fourth-order valence-corrected chi connectivity index (χ4v) is 4.38. The zero-order chi connectivity index (χ0) is 19.8. The third-order valence-corrected chi connectivity index (χ3v) is 8.01. The average molecular weight is 377 g/mol. The van der Waals surface area contributed by atoms with E-state index in [1.807, 2.05) is 25.1 Å². The van der Waals surface area contributed by atoms with Gasteiger partial charge in [-0.25, -0.2) is 4.98 Å². The third kappa shape index (κ3) is 4.13. The minimum atomic E-state index is -1.73. The molecule has 0 N–H and O–H groups in total. The molecule has 3 rings (SSSR count). The van der Waals surface area contributed by atoms with Crippen LogP contribution in [0.3, 0.4) is 0 Å². The van der Waals surface area contributed by atoms with Crippen molar-refractivity contribution in [3.63, 3.8) is 0 Å². The second-order valence-corrected chi connectivity index (χ2v) is 10.8. The lowest BCUT2D eigenvalue weighted by Gasteiger charge is -2.31. The fraction of sp³-hybridized carbons (Fsp3) is 0.348. The van der Waals surface area contributed by atoms with Gasteiger partial charge in [0.15, 0.2) is 0 Å². The summed E-state index contributed by atoms with van der Waals surface area (Å²) in [7, 11) is 0. The Bertz CT molecular complexity index is 982. The number of aromatic nitrogens is 1. The second kappa shape index (κ2) is 7.54. The molecule has 4 heteroatoms. The zero-order valence-electron chi connectivity index (χ0n) is 17.4. The first-order chi connectivity index (χ1) is 12.7. The number of aryl methyl sites for hydroxylation is 3. The van der Waals surface area contributed by atoms with Gasteiger partial charge in [0.1, 0.15) is 15.7 Å². The second-order valence-electron chi connectivity index (χ2n) is 7.90.